The van der Waals surface area contributed by atoms with Crippen molar-refractivity contribution in [1.29, 1.82) is 0 Å². The van der Waals surface area contributed by atoms with E-state index in [2.05, 4.69) is 4.98 Å². The number of carbonyl (C=O) groups excluding carboxylic acids is 3. The number of para-hydroxylation sites is 1. The number of benzene rings is 2. The molecule has 2 amide bonds. The highest BCUT2D eigenvalue weighted by molar-refractivity contribution is 6.44. The Morgan fingerprint density at radius 3 is 2.28 bits per heavy atom. The van der Waals surface area contributed by atoms with Crippen LogP contribution in [0.4, 0.5) is 8.78 Å². The molecule has 29 heavy (non-hydrogen) atoms. The van der Waals surface area contributed by atoms with E-state index in [1.165, 1.54) is 16.0 Å². The summed E-state index contributed by atoms with van der Waals surface area (Å²) in [5.74, 6) is -3.52. The number of H-pyrrole nitrogens is 1. The number of hydrogen-bond donors (Lipinski definition) is 1. The second kappa shape index (κ2) is 7.46. The summed E-state index contributed by atoms with van der Waals surface area (Å²) in [6, 6.07) is 9.98. The number of ketones is 1. The van der Waals surface area contributed by atoms with Crippen molar-refractivity contribution < 1.29 is 23.2 Å². The number of hydrogen-bond acceptors (Lipinski definition) is 3. The van der Waals surface area contributed by atoms with E-state index in [1.54, 1.807) is 12.1 Å². The molecule has 0 spiro atoms. The van der Waals surface area contributed by atoms with Crippen LogP contribution in [0.15, 0.2) is 48.7 Å². The van der Waals surface area contributed by atoms with Gasteiger partial charge in [0, 0.05) is 49.3 Å². The lowest BCUT2D eigenvalue weighted by Gasteiger charge is -2.34. The predicted octanol–water partition coefficient (Wildman–Crippen LogP) is 2.61. The largest absolute Gasteiger partial charge is 0.360 e. The first-order chi connectivity index (χ1) is 14.0. The maximum atomic E-state index is 13.9. The van der Waals surface area contributed by atoms with Gasteiger partial charge in [0.1, 0.15) is 11.6 Å². The molecular formula is C21H17F2N3O3. The molecule has 6 nitrogen and oxygen atoms in total. The first kappa shape index (κ1) is 18.8. The third kappa shape index (κ3) is 3.49. The highest BCUT2D eigenvalue weighted by Crippen LogP contribution is 2.20. The number of aromatic nitrogens is 1. The number of halogens is 2. The molecule has 0 saturated carbocycles. The molecule has 0 radical (unpaired) electrons. The molecule has 1 fully saturated rings. The Hall–Kier alpha value is -3.55. The van der Waals surface area contributed by atoms with Crippen molar-refractivity contribution >= 4 is 28.5 Å². The van der Waals surface area contributed by atoms with Crippen molar-refractivity contribution in [3.8, 4) is 0 Å². The SMILES string of the molecule is O=C(C(=O)N1CCN(C(=O)c2ccc(F)cc2F)CC1)c1c[nH]c2ccccc12. The molecule has 2 aromatic carbocycles. The van der Waals surface area contributed by atoms with Gasteiger partial charge in [-0.2, -0.15) is 0 Å². The van der Waals surface area contributed by atoms with Gasteiger partial charge in [-0.15, -0.1) is 0 Å². The van der Waals surface area contributed by atoms with E-state index in [4.69, 9.17) is 0 Å². The summed E-state index contributed by atoms with van der Waals surface area (Å²) in [7, 11) is 0. The van der Waals surface area contributed by atoms with Crippen LogP contribution < -0.4 is 0 Å². The molecule has 0 unspecified atom stereocenters. The molecule has 148 valence electrons. The topological polar surface area (TPSA) is 73.5 Å². The number of piperazine rings is 1. The fourth-order valence-corrected chi connectivity index (χ4v) is 3.46. The van der Waals surface area contributed by atoms with Gasteiger partial charge in [0.15, 0.2) is 0 Å². The van der Waals surface area contributed by atoms with E-state index in [1.807, 2.05) is 12.1 Å². The zero-order chi connectivity index (χ0) is 20.5. The Bertz CT molecular complexity index is 1120. The highest BCUT2D eigenvalue weighted by atomic mass is 19.1. The average Bonchev–Trinajstić information content (AvgIpc) is 3.16. The molecular weight excluding hydrogens is 380 g/mol. The van der Waals surface area contributed by atoms with Crippen molar-refractivity contribution in [2.45, 2.75) is 0 Å². The Balaban J connectivity index is 1.43. The van der Waals surface area contributed by atoms with Crippen molar-refractivity contribution in [3.63, 3.8) is 0 Å². The third-order valence-corrected chi connectivity index (χ3v) is 5.04. The van der Waals surface area contributed by atoms with Crippen LogP contribution in [0.25, 0.3) is 10.9 Å². The van der Waals surface area contributed by atoms with Gasteiger partial charge in [-0.1, -0.05) is 18.2 Å². The summed E-state index contributed by atoms with van der Waals surface area (Å²) in [6.45, 7) is 0.619. The van der Waals surface area contributed by atoms with Gasteiger partial charge in [0.25, 0.3) is 17.6 Å². The summed E-state index contributed by atoms with van der Waals surface area (Å²) >= 11 is 0. The molecule has 0 aliphatic carbocycles. The normalized spacial score (nSPS) is 14.3. The number of nitrogens with zero attached hydrogens (tertiary/aromatic N) is 2. The summed E-state index contributed by atoms with van der Waals surface area (Å²) in [5.41, 5.74) is 0.846. The molecule has 1 saturated heterocycles. The lowest BCUT2D eigenvalue weighted by atomic mass is 10.1. The van der Waals surface area contributed by atoms with Gasteiger partial charge in [0.05, 0.1) is 11.1 Å². The first-order valence-electron chi connectivity index (χ1n) is 9.10. The van der Waals surface area contributed by atoms with Crippen LogP contribution in [0.1, 0.15) is 20.7 Å². The summed E-state index contributed by atoms with van der Waals surface area (Å²) in [6.07, 6.45) is 1.52. The van der Waals surface area contributed by atoms with Crippen LogP contribution in [-0.4, -0.2) is 58.6 Å². The monoisotopic (exact) mass is 397 g/mol. The van der Waals surface area contributed by atoms with Crippen molar-refractivity contribution in [3.05, 3.63) is 71.4 Å². The van der Waals surface area contributed by atoms with E-state index >= 15 is 0 Å². The van der Waals surface area contributed by atoms with Gasteiger partial charge in [-0.25, -0.2) is 8.78 Å². The Morgan fingerprint density at radius 2 is 1.55 bits per heavy atom. The Labute approximate surface area is 164 Å². The zero-order valence-corrected chi connectivity index (χ0v) is 15.3. The van der Waals surface area contributed by atoms with Gasteiger partial charge < -0.3 is 14.8 Å². The van der Waals surface area contributed by atoms with E-state index in [9.17, 15) is 23.2 Å². The fourth-order valence-electron chi connectivity index (χ4n) is 3.46. The smallest absolute Gasteiger partial charge is 0.295 e. The predicted molar refractivity (Wildman–Crippen MR) is 101 cm³/mol. The quantitative estimate of drug-likeness (QED) is 0.546. The summed E-state index contributed by atoms with van der Waals surface area (Å²) < 4.78 is 26.9. The molecule has 3 aromatic rings. The maximum absolute atomic E-state index is 13.9. The van der Waals surface area contributed by atoms with Crippen LogP contribution in [0.2, 0.25) is 0 Å². The Kier molecular flexibility index (Phi) is 4.84. The highest BCUT2D eigenvalue weighted by Gasteiger charge is 2.30. The molecule has 8 heteroatoms. The van der Waals surface area contributed by atoms with Crippen LogP contribution in [-0.2, 0) is 4.79 Å². The minimum absolute atomic E-state index is 0.154. The molecule has 1 N–H and O–H groups in total. The molecule has 4 rings (SSSR count). The van der Waals surface area contributed by atoms with E-state index in [-0.39, 0.29) is 31.7 Å². The van der Waals surface area contributed by atoms with Crippen LogP contribution in [0.3, 0.4) is 0 Å². The molecule has 0 bridgehead atoms. The maximum Gasteiger partial charge on any atom is 0.295 e. The number of carbonyl (C=O) groups is 3. The second-order valence-corrected chi connectivity index (χ2v) is 6.79. The van der Waals surface area contributed by atoms with E-state index in [0.29, 0.717) is 17.0 Å². The van der Waals surface area contributed by atoms with Crippen LogP contribution in [0, 0.1) is 11.6 Å². The third-order valence-electron chi connectivity index (χ3n) is 5.04. The number of rotatable bonds is 3. The summed E-state index contributed by atoms with van der Waals surface area (Å²) in [4.78, 5) is 43.5. The fraction of sp³-hybridized carbons (Fsp3) is 0.190. The van der Waals surface area contributed by atoms with Crippen molar-refractivity contribution in [1.82, 2.24) is 14.8 Å². The zero-order valence-electron chi connectivity index (χ0n) is 15.3. The number of nitrogens with one attached hydrogen (secondary N) is 1. The molecule has 1 aliphatic heterocycles. The van der Waals surface area contributed by atoms with E-state index in [0.717, 1.165) is 17.6 Å². The molecule has 1 aromatic heterocycles. The molecule has 1 aliphatic rings. The number of Topliss-reactive ketones (excluding diaryl/α,β-unsaturated/α-hetero) is 1. The average molecular weight is 397 g/mol. The lowest BCUT2D eigenvalue weighted by molar-refractivity contribution is -0.127. The molecule has 2 heterocycles. The van der Waals surface area contributed by atoms with Gasteiger partial charge in [0.2, 0.25) is 0 Å². The summed E-state index contributed by atoms with van der Waals surface area (Å²) in [5, 5.41) is 0.673. The van der Waals surface area contributed by atoms with Crippen LogP contribution in [0.5, 0.6) is 0 Å². The van der Waals surface area contributed by atoms with Crippen molar-refractivity contribution in [2.24, 2.45) is 0 Å². The van der Waals surface area contributed by atoms with Gasteiger partial charge in [-0.3, -0.25) is 14.4 Å². The van der Waals surface area contributed by atoms with Gasteiger partial charge >= 0.3 is 0 Å². The standard InChI is InChI=1S/C21H17F2N3O3/c22-13-5-6-15(17(23)11-13)20(28)25-7-9-26(10-8-25)21(29)19(27)16-12-24-18-4-2-1-3-14(16)18/h1-6,11-12,24H,7-10H2. The minimum atomic E-state index is -0.928. The number of fused-ring (bicyclic) bond motifs is 1. The Morgan fingerprint density at radius 1 is 0.862 bits per heavy atom. The van der Waals surface area contributed by atoms with Crippen LogP contribution >= 0.6 is 0 Å². The first-order valence-corrected chi connectivity index (χ1v) is 9.10. The lowest BCUT2D eigenvalue weighted by Crippen LogP contribution is -2.52. The van der Waals surface area contributed by atoms with Gasteiger partial charge in [-0.05, 0) is 18.2 Å². The van der Waals surface area contributed by atoms with Crippen molar-refractivity contribution in [2.75, 3.05) is 26.2 Å². The number of aromatic amines is 1. The van der Waals surface area contributed by atoms with E-state index < -0.39 is 29.2 Å². The molecule has 0 atom stereocenters. The minimum Gasteiger partial charge on any atom is -0.360 e. The number of amides is 2. The second-order valence-electron chi connectivity index (χ2n) is 6.79.